The van der Waals surface area contributed by atoms with Crippen molar-refractivity contribution < 1.29 is 77.0 Å². The highest BCUT2D eigenvalue weighted by Crippen LogP contribution is 2.18. The van der Waals surface area contributed by atoms with Crippen molar-refractivity contribution in [1.82, 2.24) is 69.1 Å². The normalized spacial score (nSPS) is 23.5. The molecule has 0 saturated carbocycles. The molecule has 40 heteroatoms. The second kappa shape index (κ2) is 50.7. The van der Waals surface area contributed by atoms with E-state index < -0.39 is 209 Å². The predicted molar refractivity (Wildman–Crippen MR) is 433 cm³/mol. The number of carboxylic acid groups (broad SMARTS) is 1. The summed E-state index contributed by atoms with van der Waals surface area (Å²) in [4.78, 5) is 227. The number of aliphatic carboxylic acids is 1. The zero-order chi connectivity index (χ0) is 86.2. The Kier molecular flexibility index (Phi) is 43.1. The lowest BCUT2D eigenvalue weighted by atomic mass is 9.94. The summed E-state index contributed by atoms with van der Waals surface area (Å²) in [6.07, 6.45) is -1.71. The van der Waals surface area contributed by atoms with E-state index in [0.717, 1.165) is 11.8 Å². The van der Waals surface area contributed by atoms with Gasteiger partial charge in [0.2, 0.25) is 82.7 Å². The Morgan fingerprint density at radius 3 is 1.18 bits per heavy atom. The van der Waals surface area contributed by atoms with Gasteiger partial charge in [-0.2, -0.15) is 0 Å². The third-order valence-corrected chi connectivity index (χ3v) is 19.6. The van der Waals surface area contributed by atoms with E-state index in [1.165, 1.54) is 0 Å². The van der Waals surface area contributed by atoms with Crippen LogP contribution < -0.4 is 109 Å². The second-order valence-corrected chi connectivity index (χ2v) is 30.4. The summed E-state index contributed by atoms with van der Waals surface area (Å²) in [5, 5.41) is 44.5. The van der Waals surface area contributed by atoms with Gasteiger partial charge in [0.1, 0.15) is 72.5 Å². The molecule has 1 saturated heterocycles. The highest BCUT2D eigenvalue weighted by atomic mass is 32.2. The Hall–Kier alpha value is -11.3. The average molecular weight is 1630 g/mol. The zero-order valence-electron chi connectivity index (χ0n) is 67.2. The topological polar surface area (TPSA) is 652 Å². The van der Waals surface area contributed by atoms with Crippen LogP contribution in [0.15, 0.2) is 75.6 Å². The summed E-state index contributed by atoms with van der Waals surface area (Å²) in [5.41, 5.74) is 40.1. The Morgan fingerprint density at radius 2 is 0.765 bits per heavy atom. The molecule has 0 unspecified atom stereocenters. The third kappa shape index (κ3) is 36.6. The molecule has 1 fully saturated rings. The van der Waals surface area contributed by atoms with Crippen LogP contribution in [0, 0.1) is 29.6 Å². The summed E-state index contributed by atoms with van der Waals surface area (Å²) in [5.74, 6) is -19.8. The number of rotatable bonds is 29. The number of hydrogen-bond donors (Lipinski definition) is 21. The number of nitrogens with one attached hydrogen (secondary N) is 13. The van der Waals surface area contributed by atoms with Crippen LogP contribution in [0.5, 0.6) is 0 Å². The number of guanidine groups is 3. The number of nitrogens with two attached hydrogens (primary N) is 7. The lowest BCUT2D eigenvalue weighted by Crippen LogP contribution is -2.62. The van der Waals surface area contributed by atoms with Crippen LogP contribution >= 0.6 is 11.8 Å². The lowest BCUT2D eigenvalue weighted by Gasteiger charge is -2.32. The first-order valence-corrected chi connectivity index (χ1v) is 39.6. The van der Waals surface area contributed by atoms with E-state index in [2.05, 4.69) is 84.1 Å². The van der Waals surface area contributed by atoms with Crippen LogP contribution in [0.4, 0.5) is 0 Å². The monoisotopic (exact) mass is 1630 g/mol. The van der Waals surface area contributed by atoms with E-state index in [0.29, 0.717) is 17.5 Å². The molecule has 0 spiro atoms. The van der Waals surface area contributed by atoms with Gasteiger partial charge >= 0.3 is 5.97 Å². The molecule has 1 heterocycles. The van der Waals surface area contributed by atoms with E-state index in [9.17, 15) is 77.0 Å². The van der Waals surface area contributed by atoms with Gasteiger partial charge < -0.3 is 114 Å². The van der Waals surface area contributed by atoms with Gasteiger partial charge in [-0.3, -0.25) is 86.9 Å². The quantitative estimate of drug-likeness (QED) is 0.0208. The highest BCUT2D eigenvalue weighted by Gasteiger charge is 2.40. The lowest BCUT2D eigenvalue weighted by molar-refractivity contribution is -0.142. The first-order chi connectivity index (χ1) is 54.2. The van der Waals surface area contributed by atoms with Crippen molar-refractivity contribution in [2.24, 2.45) is 84.7 Å². The van der Waals surface area contributed by atoms with E-state index in [1.807, 2.05) is 0 Å². The minimum atomic E-state index is -2.00. The number of benzene rings is 2. The molecule has 2 aromatic carbocycles. The molecule has 28 N–H and O–H groups in total. The number of carbonyl (C=O) groups excluding carboxylic acids is 14. The van der Waals surface area contributed by atoms with Crippen molar-refractivity contribution >= 4 is 118 Å². The van der Waals surface area contributed by atoms with Crippen LogP contribution in [0.1, 0.15) is 145 Å². The smallest absolute Gasteiger partial charge is 0.305 e. The third-order valence-electron chi connectivity index (χ3n) is 18.6. The molecule has 1 aliphatic rings. The van der Waals surface area contributed by atoms with Crippen molar-refractivity contribution in [3.05, 3.63) is 71.8 Å². The summed E-state index contributed by atoms with van der Waals surface area (Å²) in [6.45, 7) is 15.7. The van der Waals surface area contributed by atoms with Gasteiger partial charge in [0, 0.05) is 38.2 Å². The molecule has 0 aromatic heterocycles. The molecule has 0 aliphatic carbocycles. The van der Waals surface area contributed by atoms with Crippen molar-refractivity contribution in [2.45, 2.75) is 219 Å². The first kappa shape index (κ1) is 97.8. The molecule has 638 valence electrons. The van der Waals surface area contributed by atoms with Crippen LogP contribution in [-0.2, 0) is 84.8 Å². The fourth-order valence-electron chi connectivity index (χ4n) is 11.9. The Bertz CT molecular complexity index is 3690. The number of amides is 14. The number of nitrogens with zero attached hydrogens (tertiary/aromatic N) is 3. The molecule has 14 atom stereocenters. The zero-order valence-corrected chi connectivity index (χ0v) is 68.0. The molecule has 2 aromatic rings. The molecule has 1 aliphatic heterocycles. The van der Waals surface area contributed by atoms with E-state index in [4.69, 9.17) is 40.1 Å². The van der Waals surface area contributed by atoms with Crippen LogP contribution in [0.3, 0.4) is 0 Å². The molecule has 0 radical (unpaired) electrons. The second-order valence-electron chi connectivity index (χ2n) is 29.4. The predicted octanol–water partition coefficient (Wildman–Crippen LogP) is -4.28. The number of aliphatic imine (C=N–C) groups is 3. The van der Waals surface area contributed by atoms with Crippen molar-refractivity contribution in [1.29, 1.82) is 0 Å². The van der Waals surface area contributed by atoms with Gasteiger partial charge in [0.15, 0.2) is 17.9 Å². The molecule has 39 nitrogen and oxygen atoms in total. The van der Waals surface area contributed by atoms with Crippen molar-refractivity contribution in [3.8, 4) is 0 Å². The molecular weight excluding hydrogens is 1510 g/mol. The summed E-state index contributed by atoms with van der Waals surface area (Å²) in [6, 6.07) is -1.59. The summed E-state index contributed by atoms with van der Waals surface area (Å²) in [7, 11) is 0. The van der Waals surface area contributed by atoms with E-state index in [-0.39, 0.29) is 108 Å². The maximum absolute atomic E-state index is 15.0. The standard InChI is InChI=1S/C75H121N23O16S/c1-11-42(9)59-71(113)90-47(27-20-30-84-74(79)80)62(104)92-52(35-56(101)102)67(109)89-48(28-21-31-85-75(81)82)64(106)95-57(40(5)6)69(111)93-51(34-45-24-17-14-18-25-45)66(108)88-46(26-19-29-83-73(77)78)63(105)94-53(61(103)86-36-54(76)99)37-115-38-55(100)87-50(33-44-22-15-13-16-23-44)65(107)91-49(32-39(3)4)68(110)97-60(43(10)12-2)72(114)96-58(41(7)8)70(112)98-59/h13-18,22-25,39-43,46-53,57-60H,11-12,19-21,26-38H2,1-10H3,(H2,76,99)(H,86,103)(H,87,100)(H,88,108)(H,89,109)(H,90,113)(H,91,107)(H,92,104)(H,93,111)(H,94,105)(H,95,106)(H,96,114)(H,97,110)(H,98,112)(H,101,102)(H4,77,78,83)(H4,79,80,84)(H4,81,82,85)/t42-,43-,46-,47-,48-,49-,50-,51-,52-,53-,57-,58-,59-,60-/m0/s1. The Morgan fingerprint density at radius 1 is 0.435 bits per heavy atom. The number of hydrogen-bond acceptors (Lipinski definition) is 19. The average Bonchev–Trinajstić information content (AvgIpc) is 0.843. The maximum atomic E-state index is 15.0. The van der Waals surface area contributed by atoms with Crippen LogP contribution in [0.2, 0.25) is 0 Å². The molecule has 0 bridgehead atoms. The largest absolute Gasteiger partial charge is 0.481 e. The minimum Gasteiger partial charge on any atom is -0.481 e. The van der Waals surface area contributed by atoms with Crippen LogP contribution in [0.25, 0.3) is 0 Å². The highest BCUT2D eigenvalue weighted by molar-refractivity contribution is 8.00. The fraction of sp³-hybridized carbons (Fsp3) is 0.600. The molecule has 14 amide bonds. The van der Waals surface area contributed by atoms with Gasteiger partial charge in [0.05, 0.1) is 18.7 Å². The SMILES string of the molecule is CC[C@H](C)[C@@H]1NC(=O)[C@H](CC(C)C)NC(=O)[C@H](Cc2ccccc2)NC(=O)CSC[C@@H](C(=O)NCC(N)=O)NC(=O)[C@H](CCCN=C(N)N)NC(=O)[C@H](Cc2ccccc2)NC(=O)[C@H](C(C)C)NC(=O)[C@H](CCCN=C(N)N)NC(=O)[C@H](CC(=O)O)NC(=O)[C@H](CCCN=C(N)N)NC(=O)[C@H]([C@@H](C)CC)NC(=O)[C@H](C(C)C)NC1=O. The molecule has 115 heavy (non-hydrogen) atoms. The molecular formula is C75H121N23O16S. The fourth-order valence-corrected chi connectivity index (χ4v) is 12.7. The van der Waals surface area contributed by atoms with Gasteiger partial charge in [0.25, 0.3) is 0 Å². The van der Waals surface area contributed by atoms with Crippen molar-refractivity contribution in [2.75, 3.05) is 37.7 Å². The minimum absolute atomic E-state index is 0.0120. The Labute approximate surface area is 674 Å². The van der Waals surface area contributed by atoms with Gasteiger partial charge in [-0.1, -0.05) is 143 Å². The van der Waals surface area contributed by atoms with E-state index >= 15 is 0 Å². The number of primary amides is 1. The van der Waals surface area contributed by atoms with Crippen LogP contribution in [-0.4, -0.2) is 222 Å². The van der Waals surface area contributed by atoms with Gasteiger partial charge in [-0.05, 0) is 85.7 Å². The summed E-state index contributed by atoms with van der Waals surface area (Å²) >= 11 is 0.812. The first-order valence-electron chi connectivity index (χ1n) is 38.5. The Balaban J connectivity index is 2.40. The number of thioether (sulfide) groups is 1. The molecule has 3 rings (SSSR count). The number of carboxylic acids is 1. The maximum Gasteiger partial charge on any atom is 0.305 e. The summed E-state index contributed by atoms with van der Waals surface area (Å²) < 4.78 is 0. The van der Waals surface area contributed by atoms with E-state index in [1.54, 1.807) is 130 Å². The van der Waals surface area contributed by atoms with Gasteiger partial charge in [-0.15, -0.1) is 11.8 Å². The van der Waals surface area contributed by atoms with Crippen molar-refractivity contribution in [3.63, 3.8) is 0 Å². The van der Waals surface area contributed by atoms with Gasteiger partial charge in [-0.25, -0.2) is 0 Å². The number of carbonyl (C=O) groups is 15.